The Balaban J connectivity index is 1.85. The molecule has 5 nitrogen and oxygen atoms in total. The third-order valence-corrected chi connectivity index (χ3v) is 8.75. The summed E-state index contributed by atoms with van der Waals surface area (Å²) in [5.41, 5.74) is -3.12. The van der Waals surface area contributed by atoms with Crippen LogP contribution in [0.3, 0.4) is 0 Å². The molecule has 0 aromatic heterocycles. The molecule has 5 N–H and O–H groups in total. The Bertz CT molecular complexity index is 613. The van der Waals surface area contributed by atoms with Gasteiger partial charge in [0.1, 0.15) is 5.60 Å². The van der Waals surface area contributed by atoms with Gasteiger partial charge in [-0.2, -0.15) is 0 Å². The minimum Gasteiger partial charge on any atom is -0.392 e. The van der Waals surface area contributed by atoms with E-state index in [1.807, 2.05) is 0 Å². The summed E-state index contributed by atoms with van der Waals surface area (Å²) in [6.45, 7) is 9.67. The monoisotopic (exact) mass is 352 g/mol. The molecule has 1 spiro atoms. The molecule has 0 aromatic carbocycles. The standard InChI is InChI=1S/C20H32O5/c1-10-11-5-6-12-16(23)19(11,9-18(12,4)24)8-15(22)20(25)13(10)7-14(21)17(20,2)3/h11-16,21-25H,1,5-9H2,2-4H3/t11-,12+,13-,14-,15+,16+,18+,19-,20-/m0/s1. The van der Waals surface area contributed by atoms with Crippen LogP contribution in [-0.4, -0.2) is 55.0 Å². The molecule has 4 fully saturated rings. The van der Waals surface area contributed by atoms with Gasteiger partial charge >= 0.3 is 0 Å². The van der Waals surface area contributed by atoms with Gasteiger partial charge in [0.2, 0.25) is 0 Å². The van der Waals surface area contributed by atoms with Crippen molar-refractivity contribution in [2.45, 2.75) is 82.4 Å². The maximum atomic E-state index is 11.6. The highest BCUT2D eigenvalue weighted by atomic mass is 16.4. The molecule has 0 unspecified atom stereocenters. The van der Waals surface area contributed by atoms with Crippen LogP contribution < -0.4 is 0 Å². The Labute approximate surface area is 149 Å². The molecule has 0 amide bonds. The van der Waals surface area contributed by atoms with E-state index in [-0.39, 0.29) is 18.3 Å². The van der Waals surface area contributed by atoms with Crippen LogP contribution in [0, 0.1) is 28.6 Å². The first kappa shape index (κ1) is 17.9. The Kier molecular flexibility index (Phi) is 3.49. The van der Waals surface area contributed by atoms with Gasteiger partial charge in [0, 0.05) is 22.7 Å². The van der Waals surface area contributed by atoms with Crippen molar-refractivity contribution in [1.29, 1.82) is 0 Å². The first-order valence-electron chi connectivity index (χ1n) is 9.57. The maximum Gasteiger partial charge on any atom is 0.105 e. The predicted molar refractivity (Wildman–Crippen MR) is 92.5 cm³/mol. The molecule has 0 heterocycles. The average molecular weight is 352 g/mol. The van der Waals surface area contributed by atoms with Gasteiger partial charge in [-0.25, -0.2) is 0 Å². The van der Waals surface area contributed by atoms with E-state index in [0.29, 0.717) is 19.3 Å². The average Bonchev–Trinajstić information content (AvgIpc) is 2.71. The van der Waals surface area contributed by atoms with Gasteiger partial charge in [-0.15, -0.1) is 0 Å². The second-order valence-corrected chi connectivity index (χ2v) is 10.1. The van der Waals surface area contributed by atoms with E-state index in [0.717, 1.165) is 12.0 Å². The molecule has 2 bridgehead atoms. The van der Waals surface area contributed by atoms with E-state index >= 15 is 0 Å². The van der Waals surface area contributed by atoms with E-state index < -0.39 is 46.3 Å². The van der Waals surface area contributed by atoms with Crippen LogP contribution in [0.15, 0.2) is 12.2 Å². The van der Waals surface area contributed by atoms with Gasteiger partial charge in [0.05, 0.1) is 23.9 Å². The van der Waals surface area contributed by atoms with Crippen molar-refractivity contribution in [3.8, 4) is 0 Å². The lowest BCUT2D eigenvalue weighted by molar-refractivity contribution is -0.174. The number of aliphatic hydroxyl groups excluding tert-OH is 3. The predicted octanol–water partition coefficient (Wildman–Crippen LogP) is 0.974. The highest BCUT2D eigenvalue weighted by Gasteiger charge is 2.72. The summed E-state index contributed by atoms with van der Waals surface area (Å²) in [5.74, 6) is -0.649. The molecule has 0 aliphatic heterocycles. The van der Waals surface area contributed by atoms with Crippen LogP contribution in [0.25, 0.3) is 0 Å². The molecule has 25 heavy (non-hydrogen) atoms. The summed E-state index contributed by atoms with van der Waals surface area (Å²) in [6.07, 6.45) is 0.0421. The van der Waals surface area contributed by atoms with Crippen molar-refractivity contribution in [2.24, 2.45) is 28.6 Å². The van der Waals surface area contributed by atoms with Gasteiger partial charge in [-0.3, -0.25) is 0 Å². The normalized spacial score (nSPS) is 60.1. The van der Waals surface area contributed by atoms with Crippen LogP contribution in [0.2, 0.25) is 0 Å². The maximum absolute atomic E-state index is 11.6. The minimum absolute atomic E-state index is 0.0532. The molecule has 4 rings (SSSR count). The molecular formula is C20H32O5. The van der Waals surface area contributed by atoms with E-state index in [9.17, 15) is 25.5 Å². The number of hydrogen-bond acceptors (Lipinski definition) is 5. The number of fused-ring (bicyclic) bond motifs is 2. The third kappa shape index (κ3) is 1.86. The Morgan fingerprint density at radius 1 is 0.960 bits per heavy atom. The van der Waals surface area contributed by atoms with Crippen LogP contribution in [0.5, 0.6) is 0 Å². The van der Waals surface area contributed by atoms with Crippen molar-refractivity contribution in [2.75, 3.05) is 0 Å². The molecule has 4 saturated carbocycles. The van der Waals surface area contributed by atoms with E-state index in [1.165, 1.54) is 0 Å². The molecule has 0 radical (unpaired) electrons. The van der Waals surface area contributed by atoms with E-state index in [1.54, 1.807) is 20.8 Å². The summed E-state index contributed by atoms with van der Waals surface area (Å²) in [7, 11) is 0. The zero-order chi connectivity index (χ0) is 18.6. The van der Waals surface area contributed by atoms with Crippen molar-refractivity contribution < 1.29 is 25.5 Å². The topological polar surface area (TPSA) is 101 Å². The largest absolute Gasteiger partial charge is 0.392 e. The molecular weight excluding hydrogens is 320 g/mol. The summed E-state index contributed by atoms with van der Waals surface area (Å²) in [4.78, 5) is 0. The molecule has 4 aliphatic rings. The van der Waals surface area contributed by atoms with Gasteiger partial charge in [-0.05, 0) is 44.9 Å². The third-order valence-electron chi connectivity index (χ3n) is 8.75. The van der Waals surface area contributed by atoms with Crippen molar-refractivity contribution in [3.63, 3.8) is 0 Å². The Morgan fingerprint density at radius 2 is 1.60 bits per heavy atom. The van der Waals surface area contributed by atoms with Gasteiger partial charge in [-0.1, -0.05) is 26.0 Å². The van der Waals surface area contributed by atoms with Crippen molar-refractivity contribution >= 4 is 0 Å². The molecule has 5 heteroatoms. The fraction of sp³-hybridized carbons (Fsp3) is 0.900. The van der Waals surface area contributed by atoms with Crippen LogP contribution in [-0.2, 0) is 0 Å². The summed E-state index contributed by atoms with van der Waals surface area (Å²) in [6, 6.07) is 0. The minimum atomic E-state index is -1.47. The zero-order valence-corrected chi connectivity index (χ0v) is 15.4. The smallest absolute Gasteiger partial charge is 0.105 e. The Morgan fingerprint density at radius 3 is 2.24 bits per heavy atom. The SMILES string of the molecule is C=C1[C@@H]2CC[C@@H]3[C@@H](O)[C@@]2(C[C@@H](O)[C@@]2(O)[C@H]1C[C@H](O)C2(C)C)C[C@@]3(C)O. The van der Waals surface area contributed by atoms with Gasteiger partial charge in [0.25, 0.3) is 0 Å². The second kappa shape index (κ2) is 4.87. The van der Waals surface area contributed by atoms with Gasteiger partial charge in [0.15, 0.2) is 0 Å². The van der Waals surface area contributed by atoms with E-state index in [2.05, 4.69) is 6.58 Å². The zero-order valence-electron chi connectivity index (χ0n) is 15.4. The summed E-state index contributed by atoms with van der Waals surface area (Å²) in [5, 5.41) is 55.2. The van der Waals surface area contributed by atoms with Crippen molar-refractivity contribution in [1.82, 2.24) is 0 Å². The molecule has 9 atom stereocenters. The van der Waals surface area contributed by atoms with Crippen molar-refractivity contribution in [3.05, 3.63) is 12.2 Å². The lowest BCUT2D eigenvalue weighted by Crippen LogP contribution is -2.57. The molecule has 4 aliphatic carbocycles. The van der Waals surface area contributed by atoms with Crippen LogP contribution in [0.1, 0.15) is 52.9 Å². The number of hydrogen-bond donors (Lipinski definition) is 5. The van der Waals surface area contributed by atoms with Gasteiger partial charge < -0.3 is 25.5 Å². The lowest BCUT2D eigenvalue weighted by atomic mass is 9.61. The lowest BCUT2D eigenvalue weighted by Gasteiger charge is -2.46. The molecule has 0 saturated heterocycles. The fourth-order valence-electron chi connectivity index (χ4n) is 7.23. The van der Waals surface area contributed by atoms with E-state index in [4.69, 9.17) is 0 Å². The number of rotatable bonds is 0. The summed E-state index contributed by atoms with van der Waals surface area (Å²) < 4.78 is 0. The first-order chi connectivity index (χ1) is 11.4. The molecule has 0 aromatic rings. The highest BCUT2D eigenvalue weighted by Crippen LogP contribution is 2.68. The Hall–Kier alpha value is -0.460. The number of aliphatic hydroxyl groups is 5. The molecule has 142 valence electrons. The summed E-state index contributed by atoms with van der Waals surface area (Å²) >= 11 is 0. The van der Waals surface area contributed by atoms with Crippen LogP contribution in [0.4, 0.5) is 0 Å². The highest BCUT2D eigenvalue weighted by molar-refractivity contribution is 5.31. The van der Waals surface area contributed by atoms with Crippen LogP contribution >= 0.6 is 0 Å². The quantitative estimate of drug-likeness (QED) is 0.418. The second-order valence-electron chi connectivity index (χ2n) is 10.1. The fourth-order valence-corrected chi connectivity index (χ4v) is 7.23. The first-order valence-corrected chi connectivity index (χ1v) is 9.57.